The van der Waals surface area contributed by atoms with Crippen LogP contribution in [0.25, 0.3) is 0 Å². The topological polar surface area (TPSA) is 29.1 Å². The van der Waals surface area contributed by atoms with E-state index in [1.807, 2.05) is 25.1 Å². The minimum absolute atomic E-state index is 0.254. The Bertz CT molecular complexity index is 623. The number of benzene rings is 2. The third-order valence-electron chi connectivity index (χ3n) is 2.56. The first-order valence-corrected chi connectivity index (χ1v) is 7.05. The summed E-state index contributed by atoms with van der Waals surface area (Å²) < 4.78 is 0.858. The molecule has 0 unspecified atom stereocenters. The molecular weight excluding hydrogens is 349 g/mol. The van der Waals surface area contributed by atoms with Crippen LogP contribution in [-0.2, 0) is 0 Å². The summed E-state index contributed by atoms with van der Waals surface area (Å²) in [7, 11) is 0. The number of amides is 1. The van der Waals surface area contributed by atoms with E-state index in [0.29, 0.717) is 21.3 Å². The van der Waals surface area contributed by atoms with Crippen molar-refractivity contribution >= 4 is 50.7 Å². The van der Waals surface area contributed by atoms with Gasteiger partial charge in [-0.3, -0.25) is 4.79 Å². The van der Waals surface area contributed by atoms with Gasteiger partial charge >= 0.3 is 0 Å². The molecule has 0 heterocycles. The average molecular weight is 359 g/mol. The normalized spacial score (nSPS) is 10.3. The third kappa shape index (κ3) is 3.50. The summed E-state index contributed by atoms with van der Waals surface area (Å²) in [6.07, 6.45) is 0. The van der Waals surface area contributed by atoms with E-state index in [4.69, 9.17) is 23.2 Å². The minimum Gasteiger partial charge on any atom is -0.321 e. The molecule has 0 saturated carbocycles. The Morgan fingerprint density at radius 3 is 2.42 bits per heavy atom. The van der Waals surface area contributed by atoms with Gasteiger partial charge in [0.1, 0.15) is 0 Å². The van der Waals surface area contributed by atoms with Gasteiger partial charge in [0.15, 0.2) is 0 Å². The predicted octanol–water partition coefficient (Wildman–Crippen LogP) is 5.32. The molecule has 0 fully saturated rings. The molecule has 0 atom stereocenters. The molecule has 2 rings (SSSR count). The molecule has 0 aliphatic rings. The van der Waals surface area contributed by atoms with Crippen molar-refractivity contribution in [3.63, 3.8) is 0 Å². The number of nitrogens with one attached hydrogen (secondary N) is 1. The molecule has 0 aliphatic heterocycles. The van der Waals surface area contributed by atoms with E-state index in [0.717, 1.165) is 10.0 Å². The van der Waals surface area contributed by atoms with Crippen LogP contribution in [0.5, 0.6) is 0 Å². The second kappa shape index (κ2) is 5.95. The van der Waals surface area contributed by atoms with E-state index < -0.39 is 0 Å². The third-order valence-corrected chi connectivity index (χ3v) is 4.05. The average Bonchev–Trinajstić information content (AvgIpc) is 2.33. The molecule has 0 radical (unpaired) electrons. The van der Waals surface area contributed by atoms with E-state index in [1.54, 1.807) is 18.2 Å². The Hall–Kier alpha value is -1.03. The van der Waals surface area contributed by atoms with E-state index in [-0.39, 0.29) is 5.91 Å². The predicted molar refractivity (Wildman–Crippen MR) is 83.3 cm³/mol. The van der Waals surface area contributed by atoms with Gasteiger partial charge in [0, 0.05) is 20.1 Å². The highest BCUT2D eigenvalue weighted by atomic mass is 79.9. The maximum absolute atomic E-state index is 12.1. The number of rotatable bonds is 2. The van der Waals surface area contributed by atoms with Crippen LogP contribution in [0, 0.1) is 6.92 Å². The lowest BCUT2D eigenvalue weighted by molar-refractivity contribution is 0.102. The van der Waals surface area contributed by atoms with Crippen molar-refractivity contribution in [2.75, 3.05) is 5.32 Å². The van der Waals surface area contributed by atoms with Crippen molar-refractivity contribution in [3.05, 3.63) is 62.0 Å². The summed E-state index contributed by atoms with van der Waals surface area (Å²) in [5, 5.41) is 3.68. The molecule has 1 amide bonds. The van der Waals surface area contributed by atoms with Crippen molar-refractivity contribution < 1.29 is 4.79 Å². The number of carbonyl (C=O) groups is 1. The van der Waals surface area contributed by atoms with Gasteiger partial charge in [-0.05, 0) is 52.7 Å². The van der Waals surface area contributed by atoms with Crippen molar-refractivity contribution in [2.24, 2.45) is 0 Å². The number of anilines is 1. The number of carbonyl (C=O) groups excluding carboxylic acids is 1. The maximum Gasteiger partial charge on any atom is 0.255 e. The summed E-state index contributed by atoms with van der Waals surface area (Å²) in [5.41, 5.74) is 2.17. The van der Waals surface area contributed by atoms with Gasteiger partial charge in [-0.15, -0.1) is 0 Å². The lowest BCUT2D eigenvalue weighted by Gasteiger charge is -2.09. The molecule has 5 heteroatoms. The van der Waals surface area contributed by atoms with Crippen LogP contribution in [0.2, 0.25) is 10.0 Å². The summed E-state index contributed by atoms with van der Waals surface area (Å²) in [6.45, 7) is 1.95. The Morgan fingerprint density at radius 1 is 1.16 bits per heavy atom. The SMILES string of the molecule is Cc1cccc(NC(=O)c2cc(Cl)cc(Cl)c2)c1Br. The first kappa shape index (κ1) is 14.4. The van der Waals surface area contributed by atoms with E-state index in [2.05, 4.69) is 21.2 Å². The number of aryl methyl sites for hydroxylation is 1. The first-order chi connectivity index (χ1) is 8.97. The summed E-state index contributed by atoms with van der Waals surface area (Å²) >= 11 is 15.2. The molecule has 0 saturated heterocycles. The van der Waals surface area contributed by atoms with Crippen molar-refractivity contribution in [2.45, 2.75) is 6.92 Å². The molecule has 1 N–H and O–H groups in total. The van der Waals surface area contributed by atoms with Crippen LogP contribution in [0.1, 0.15) is 15.9 Å². The van der Waals surface area contributed by atoms with Gasteiger partial charge < -0.3 is 5.32 Å². The van der Waals surface area contributed by atoms with Crippen LogP contribution in [0.15, 0.2) is 40.9 Å². The fourth-order valence-electron chi connectivity index (χ4n) is 1.62. The second-order valence-electron chi connectivity index (χ2n) is 4.05. The lowest BCUT2D eigenvalue weighted by atomic mass is 10.2. The quantitative estimate of drug-likeness (QED) is 0.773. The van der Waals surface area contributed by atoms with Gasteiger partial charge in [0.05, 0.1) is 5.69 Å². The maximum atomic E-state index is 12.1. The van der Waals surface area contributed by atoms with Crippen LogP contribution < -0.4 is 5.32 Å². The molecule has 0 spiro atoms. The van der Waals surface area contributed by atoms with Gasteiger partial charge in [-0.25, -0.2) is 0 Å². The van der Waals surface area contributed by atoms with E-state index in [1.165, 1.54) is 0 Å². The summed E-state index contributed by atoms with van der Waals surface area (Å²) in [6, 6.07) is 10.4. The zero-order chi connectivity index (χ0) is 14.0. The lowest BCUT2D eigenvalue weighted by Crippen LogP contribution is -2.12. The summed E-state index contributed by atoms with van der Waals surface area (Å²) in [4.78, 5) is 12.1. The Balaban J connectivity index is 2.28. The Labute approximate surface area is 129 Å². The fourth-order valence-corrected chi connectivity index (χ4v) is 2.51. The van der Waals surface area contributed by atoms with Gasteiger partial charge in [0.25, 0.3) is 5.91 Å². The number of halogens is 3. The van der Waals surface area contributed by atoms with Crippen LogP contribution in [0.3, 0.4) is 0 Å². The van der Waals surface area contributed by atoms with Gasteiger partial charge in [-0.1, -0.05) is 35.3 Å². The zero-order valence-electron chi connectivity index (χ0n) is 10.0. The molecule has 2 aromatic rings. The van der Waals surface area contributed by atoms with Crippen LogP contribution >= 0.6 is 39.1 Å². The highest BCUT2D eigenvalue weighted by Crippen LogP contribution is 2.27. The standard InChI is InChI=1S/C14H10BrCl2NO/c1-8-3-2-4-12(13(8)15)18-14(19)9-5-10(16)7-11(17)6-9/h2-7H,1H3,(H,18,19). The highest BCUT2D eigenvalue weighted by Gasteiger charge is 2.10. The second-order valence-corrected chi connectivity index (χ2v) is 5.71. The van der Waals surface area contributed by atoms with E-state index in [9.17, 15) is 4.79 Å². The van der Waals surface area contributed by atoms with E-state index >= 15 is 0 Å². The van der Waals surface area contributed by atoms with Crippen molar-refractivity contribution in [1.29, 1.82) is 0 Å². The number of hydrogen-bond donors (Lipinski definition) is 1. The summed E-state index contributed by atoms with van der Waals surface area (Å²) in [5.74, 6) is -0.254. The Kier molecular flexibility index (Phi) is 4.50. The monoisotopic (exact) mass is 357 g/mol. The molecule has 0 bridgehead atoms. The first-order valence-electron chi connectivity index (χ1n) is 5.50. The number of hydrogen-bond acceptors (Lipinski definition) is 1. The molecule has 2 aromatic carbocycles. The van der Waals surface area contributed by atoms with Crippen molar-refractivity contribution in [3.8, 4) is 0 Å². The van der Waals surface area contributed by atoms with Gasteiger partial charge in [0.2, 0.25) is 0 Å². The van der Waals surface area contributed by atoms with Gasteiger partial charge in [-0.2, -0.15) is 0 Å². The minimum atomic E-state index is -0.254. The van der Waals surface area contributed by atoms with Crippen LogP contribution in [0.4, 0.5) is 5.69 Å². The fraction of sp³-hybridized carbons (Fsp3) is 0.0714. The molecular formula is C14H10BrCl2NO. The molecule has 2 nitrogen and oxygen atoms in total. The molecule has 0 aromatic heterocycles. The molecule has 19 heavy (non-hydrogen) atoms. The smallest absolute Gasteiger partial charge is 0.255 e. The van der Waals surface area contributed by atoms with Crippen LogP contribution in [-0.4, -0.2) is 5.91 Å². The molecule has 98 valence electrons. The van der Waals surface area contributed by atoms with Crippen molar-refractivity contribution in [1.82, 2.24) is 0 Å². The molecule has 0 aliphatic carbocycles. The largest absolute Gasteiger partial charge is 0.321 e. The Morgan fingerprint density at radius 2 is 1.79 bits per heavy atom. The highest BCUT2D eigenvalue weighted by molar-refractivity contribution is 9.10. The zero-order valence-corrected chi connectivity index (χ0v) is 13.1.